The van der Waals surface area contributed by atoms with Gasteiger partial charge in [-0.05, 0) is 31.6 Å². The first-order valence-electron chi connectivity index (χ1n) is 6.21. The van der Waals surface area contributed by atoms with Crippen LogP contribution >= 0.6 is 0 Å². The van der Waals surface area contributed by atoms with Gasteiger partial charge < -0.3 is 10.4 Å². The van der Waals surface area contributed by atoms with Gasteiger partial charge in [0.1, 0.15) is 0 Å². The molecule has 0 aromatic rings. The maximum atomic E-state index is 10.5. The van der Waals surface area contributed by atoms with Crippen LogP contribution in [0.2, 0.25) is 0 Å². The van der Waals surface area contributed by atoms with Crippen LogP contribution in [0.4, 0.5) is 0 Å². The Labute approximate surface area is 109 Å². The van der Waals surface area contributed by atoms with Crippen molar-refractivity contribution in [3.8, 4) is 0 Å². The minimum absolute atomic E-state index is 0. The highest BCUT2D eigenvalue weighted by Gasteiger charge is 2.39. The second-order valence-electron chi connectivity index (χ2n) is 8.05. The molecule has 106 valence electrons. The van der Waals surface area contributed by atoms with Crippen LogP contribution in [0, 0.1) is 10.8 Å². The van der Waals surface area contributed by atoms with E-state index < -0.39 is 0 Å². The standard InChI is InChI=1S/C14H31NO.CH4/c1-12(2,3)10(15-14(7,8)9)11(16)13(4,5)6;/h10-11,15-16H,1-9H3;1H4. The number of rotatable bonds is 2. The maximum absolute atomic E-state index is 10.5. The van der Waals surface area contributed by atoms with Crippen LogP contribution in [-0.2, 0) is 0 Å². The smallest absolute Gasteiger partial charge is 0.0746 e. The Morgan fingerprint density at radius 2 is 1.12 bits per heavy atom. The van der Waals surface area contributed by atoms with Crippen LogP contribution in [-0.4, -0.2) is 22.8 Å². The quantitative estimate of drug-likeness (QED) is 0.775. The van der Waals surface area contributed by atoms with E-state index in [1.54, 1.807) is 0 Å². The van der Waals surface area contributed by atoms with Gasteiger partial charge in [-0.3, -0.25) is 0 Å². The summed E-state index contributed by atoms with van der Waals surface area (Å²) in [5.41, 5.74) is -0.0413. The van der Waals surface area contributed by atoms with Gasteiger partial charge >= 0.3 is 0 Å². The highest BCUT2D eigenvalue weighted by atomic mass is 16.3. The first-order valence-corrected chi connectivity index (χ1v) is 6.21. The summed E-state index contributed by atoms with van der Waals surface area (Å²) in [6.07, 6.45) is -0.355. The Balaban J connectivity index is 0. The first-order chi connectivity index (χ1) is 6.75. The van der Waals surface area contributed by atoms with E-state index >= 15 is 0 Å². The van der Waals surface area contributed by atoms with E-state index in [1.807, 2.05) is 0 Å². The van der Waals surface area contributed by atoms with E-state index in [0.29, 0.717) is 0 Å². The molecule has 2 N–H and O–H groups in total. The molecule has 17 heavy (non-hydrogen) atoms. The summed E-state index contributed by atoms with van der Waals surface area (Å²) in [5, 5.41) is 14.0. The van der Waals surface area contributed by atoms with Gasteiger partial charge in [0.15, 0.2) is 0 Å². The third-order valence-electron chi connectivity index (χ3n) is 2.72. The number of nitrogens with one attached hydrogen (secondary N) is 1. The SMILES string of the molecule is C.CC(C)(C)NC(C(O)C(C)(C)C)C(C)(C)C. The highest BCUT2D eigenvalue weighted by Crippen LogP contribution is 2.32. The van der Waals surface area contributed by atoms with Crippen LogP contribution in [0.15, 0.2) is 0 Å². The highest BCUT2D eigenvalue weighted by molar-refractivity contribution is 4.95. The fourth-order valence-corrected chi connectivity index (χ4v) is 1.74. The van der Waals surface area contributed by atoms with Crippen LogP contribution in [0.25, 0.3) is 0 Å². The summed E-state index contributed by atoms with van der Waals surface area (Å²) in [5.74, 6) is 0. The summed E-state index contributed by atoms with van der Waals surface area (Å²) < 4.78 is 0. The van der Waals surface area contributed by atoms with Crippen molar-refractivity contribution in [1.29, 1.82) is 0 Å². The minimum Gasteiger partial charge on any atom is -0.391 e. The van der Waals surface area contributed by atoms with Gasteiger partial charge in [-0.1, -0.05) is 49.0 Å². The molecule has 0 fully saturated rings. The van der Waals surface area contributed by atoms with Gasteiger partial charge in [0.25, 0.3) is 0 Å². The lowest BCUT2D eigenvalue weighted by Gasteiger charge is -2.44. The number of aliphatic hydroxyl groups excluding tert-OH is 1. The normalized spacial score (nSPS) is 17.3. The van der Waals surface area contributed by atoms with Gasteiger partial charge in [0, 0.05) is 11.6 Å². The summed E-state index contributed by atoms with van der Waals surface area (Å²) in [7, 11) is 0. The third kappa shape index (κ3) is 7.05. The maximum Gasteiger partial charge on any atom is 0.0746 e. The zero-order valence-electron chi connectivity index (χ0n) is 12.6. The molecule has 0 aromatic heterocycles. The molecule has 2 atom stereocenters. The number of hydrogen-bond donors (Lipinski definition) is 2. The van der Waals surface area contributed by atoms with Gasteiger partial charge in [-0.15, -0.1) is 0 Å². The third-order valence-corrected chi connectivity index (χ3v) is 2.72. The zero-order chi connectivity index (χ0) is 13.4. The Morgan fingerprint density at radius 3 is 1.29 bits per heavy atom. The predicted octanol–water partition coefficient (Wildman–Crippen LogP) is 3.83. The largest absolute Gasteiger partial charge is 0.391 e. The van der Waals surface area contributed by atoms with E-state index in [4.69, 9.17) is 0 Å². The van der Waals surface area contributed by atoms with Crippen LogP contribution in [0.5, 0.6) is 0 Å². The molecule has 0 aliphatic carbocycles. The number of aliphatic hydroxyl groups is 1. The average Bonchev–Trinajstić information content (AvgIpc) is 1.93. The minimum atomic E-state index is -0.355. The summed E-state index contributed by atoms with van der Waals surface area (Å²) >= 11 is 0. The second kappa shape index (κ2) is 5.71. The van der Waals surface area contributed by atoms with E-state index in [2.05, 4.69) is 67.6 Å². The Kier molecular flexibility index (Phi) is 6.47. The number of hydrogen-bond acceptors (Lipinski definition) is 2. The van der Waals surface area contributed by atoms with Crippen molar-refractivity contribution >= 4 is 0 Å². The fraction of sp³-hybridized carbons (Fsp3) is 1.00. The van der Waals surface area contributed by atoms with Gasteiger partial charge in [-0.2, -0.15) is 0 Å². The molecule has 0 aromatic carbocycles. The molecular weight excluding hydrogens is 210 g/mol. The van der Waals surface area contributed by atoms with E-state index in [1.165, 1.54) is 0 Å². The van der Waals surface area contributed by atoms with Crippen molar-refractivity contribution < 1.29 is 5.11 Å². The van der Waals surface area contributed by atoms with Gasteiger partial charge in [0.2, 0.25) is 0 Å². The van der Waals surface area contributed by atoms with Crippen molar-refractivity contribution in [3.63, 3.8) is 0 Å². The lowest BCUT2D eigenvalue weighted by atomic mass is 9.73. The molecule has 0 spiro atoms. The molecule has 2 heteroatoms. The predicted molar refractivity (Wildman–Crippen MR) is 78.3 cm³/mol. The summed E-state index contributed by atoms with van der Waals surface area (Å²) in [6.45, 7) is 19.2. The molecule has 0 saturated heterocycles. The van der Waals surface area contributed by atoms with Crippen molar-refractivity contribution in [2.24, 2.45) is 10.8 Å². The second-order valence-corrected chi connectivity index (χ2v) is 8.05. The van der Waals surface area contributed by atoms with Gasteiger partial charge in [0.05, 0.1) is 6.10 Å². The molecule has 0 aliphatic heterocycles. The van der Waals surface area contributed by atoms with E-state index in [9.17, 15) is 5.11 Å². The molecule has 2 unspecified atom stereocenters. The first kappa shape index (κ1) is 19.3. The Morgan fingerprint density at radius 1 is 0.765 bits per heavy atom. The molecule has 0 aliphatic rings. The van der Waals surface area contributed by atoms with Crippen molar-refractivity contribution in [2.75, 3.05) is 0 Å². The molecule has 0 rings (SSSR count). The van der Waals surface area contributed by atoms with E-state index in [-0.39, 0.29) is 35.9 Å². The molecule has 0 amide bonds. The zero-order valence-corrected chi connectivity index (χ0v) is 12.6. The Bertz CT molecular complexity index is 215. The molecular formula is C15H35NO. The van der Waals surface area contributed by atoms with Crippen molar-refractivity contribution in [2.45, 2.75) is 87.4 Å². The lowest BCUT2D eigenvalue weighted by Crippen LogP contribution is -2.58. The molecule has 2 nitrogen and oxygen atoms in total. The molecule has 0 heterocycles. The summed E-state index contributed by atoms with van der Waals surface area (Å²) in [6, 6.07) is 0.0903. The topological polar surface area (TPSA) is 32.3 Å². The Hall–Kier alpha value is -0.0800. The van der Waals surface area contributed by atoms with E-state index in [0.717, 1.165) is 0 Å². The van der Waals surface area contributed by atoms with Crippen LogP contribution < -0.4 is 5.32 Å². The van der Waals surface area contributed by atoms with Gasteiger partial charge in [-0.25, -0.2) is 0 Å². The van der Waals surface area contributed by atoms with Crippen LogP contribution in [0.3, 0.4) is 0 Å². The lowest BCUT2D eigenvalue weighted by molar-refractivity contribution is -0.0159. The molecule has 0 bridgehead atoms. The fourth-order valence-electron chi connectivity index (χ4n) is 1.74. The summed E-state index contributed by atoms with van der Waals surface area (Å²) in [4.78, 5) is 0. The van der Waals surface area contributed by atoms with Crippen molar-refractivity contribution in [3.05, 3.63) is 0 Å². The van der Waals surface area contributed by atoms with Crippen LogP contribution in [0.1, 0.15) is 69.7 Å². The average molecular weight is 245 g/mol. The monoisotopic (exact) mass is 245 g/mol. The van der Waals surface area contributed by atoms with Crippen molar-refractivity contribution in [1.82, 2.24) is 5.32 Å². The molecule has 0 saturated carbocycles. The molecule has 0 radical (unpaired) electrons.